The highest BCUT2D eigenvalue weighted by Gasteiger charge is 2.45. The van der Waals surface area contributed by atoms with Crippen molar-refractivity contribution < 1.29 is 18.0 Å². The van der Waals surface area contributed by atoms with Gasteiger partial charge in [-0.15, -0.1) is 0 Å². The summed E-state index contributed by atoms with van der Waals surface area (Å²) >= 11 is 0. The lowest BCUT2D eigenvalue weighted by Crippen LogP contribution is -2.33. The molecular formula is C19H19F3N2O. The first-order chi connectivity index (χ1) is 11.8. The van der Waals surface area contributed by atoms with Gasteiger partial charge in [0.1, 0.15) is 0 Å². The van der Waals surface area contributed by atoms with Crippen LogP contribution in [-0.4, -0.2) is 12.5 Å². The zero-order valence-electron chi connectivity index (χ0n) is 13.6. The first-order valence-corrected chi connectivity index (χ1v) is 8.07. The van der Waals surface area contributed by atoms with Crippen LogP contribution in [0.1, 0.15) is 29.5 Å². The number of anilines is 1. The number of carbonyl (C=O) groups is 1. The van der Waals surface area contributed by atoms with E-state index >= 15 is 0 Å². The number of nitrogen functional groups attached to an aromatic ring is 1. The van der Waals surface area contributed by atoms with Crippen molar-refractivity contribution in [2.75, 3.05) is 12.3 Å². The van der Waals surface area contributed by atoms with Gasteiger partial charge in [-0.25, -0.2) is 0 Å². The Morgan fingerprint density at radius 2 is 1.80 bits per heavy atom. The number of nitrogens with one attached hydrogen (secondary N) is 1. The second-order valence-electron chi connectivity index (χ2n) is 6.55. The van der Waals surface area contributed by atoms with Gasteiger partial charge in [-0.1, -0.05) is 30.3 Å². The fourth-order valence-corrected chi connectivity index (χ4v) is 2.89. The normalized spacial score (nSPS) is 15.6. The van der Waals surface area contributed by atoms with Gasteiger partial charge in [0.2, 0.25) is 5.91 Å². The van der Waals surface area contributed by atoms with Crippen LogP contribution >= 0.6 is 0 Å². The van der Waals surface area contributed by atoms with Crippen LogP contribution in [0.15, 0.2) is 48.5 Å². The molecule has 25 heavy (non-hydrogen) atoms. The Balaban J connectivity index is 1.63. The molecule has 0 heterocycles. The highest BCUT2D eigenvalue weighted by molar-refractivity contribution is 5.78. The van der Waals surface area contributed by atoms with E-state index in [1.807, 2.05) is 0 Å². The number of alkyl halides is 3. The van der Waals surface area contributed by atoms with Crippen LogP contribution in [0.3, 0.4) is 0 Å². The Morgan fingerprint density at radius 1 is 1.12 bits per heavy atom. The number of amides is 1. The zero-order chi connectivity index (χ0) is 18.1. The fourth-order valence-electron chi connectivity index (χ4n) is 2.89. The molecule has 2 aromatic carbocycles. The molecule has 1 saturated carbocycles. The average Bonchev–Trinajstić information content (AvgIpc) is 3.36. The molecule has 0 unspecified atom stereocenters. The van der Waals surface area contributed by atoms with E-state index in [1.54, 1.807) is 30.3 Å². The van der Waals surface area contributed by atoms with Gasteiger partial charge in [0.15, 0.2) is 0 Å². The Hall–Kier alpha value is -2.50. The third kappa shape index (κ3) is 4.13. The van der Waals surface area contributed by atoms with Gasteiger partial charge in [0.25, 0.3) is 0 Å². The van der Waals surface area contributed by atoms with Crippen molar-refractivity contribution in [1.82, 2.24) is 5.32 Å². The third-order valence-corrected chi connectivity index (χ3v) is 4.62. The molecule has 3 rings (SSSR count). The molecule has 6 heteroatoms. The highest BCUT2D eigenvalue weighted by atomic mass is 19.4. The molecule has 2 aromatic rings. The molecule has 0 aliphatic heterocycles. The minimum Gasteiger partial charge on any atom is -0.399 e. The first kappa shape index (κ1) is 17.3. The van der Waals surface area contributed by atoms with Crippen LogP contribution in [-0.2, 0) is 22.8 Å². The number of hydrogen-bond donors (Lipinski definition) is 2. The van der Waals surface area contributed by atoms with E-state index in [9.17, 15) is 18.0 Å². The van der Waals surface area contributed by atoms with E-state index in [4.69, 9.17) is 5.73 Å². The van der Waals surface area contributed by atoms with Crippen molar-refractivity contribution in [2.45, 2.75) is 30.9 Å². The monoisotopic (exact) mass is 348 g/mol. The van der Waals surface area contributed by atoms with Crippen molar-refractivity contribution in [3.63, 3.8) is 0 Å². The van der Waals surface area contributed by atoms with Crippen LogP contribution in [0.5, 0.6) is 0 Å². The summed E-state index contributed by atoms with van der Waals surface area (Å²) in [7, 11) is 0. The number of nitrogens with two attached hydrogens (primary N) is 1. The lowest BCUT2D eigenvalue weighted by molar-refractivity contribution is -0.137. The Bertz CT molecular complexity index is 765. The number of benzene rings is 2. The van der Waals surface area contributed by atoms with Crippen molar-refractivity contribution in [2.24, 2.45) is 0 Å². The van der Waals surface area contributed by atoms with Crippen molar-refractivity contribution >= 4 is 11.6 Å². The Kier molecular flexibility index (Phi) is 4.45. The highest BCUT2D eigenvalue weighted by Crippen LogP contribution is 2.48. The topological polar surface area (TPSA) is 55.1 Å². The zero-order valence-corrected chi connectivity index (χ0v) is 13.6. The molecular weight excluding hydrogens is 329 g/mol. The summed E-state index contributed by atoms with van der Waals surface area (Å²) in [6, 6.07) is 12.4. The SMILES string of the molecule is Nc1ccc(CC(=O)NCC2(c3cccc(C(F)(F)F)c3)CC2)cc1. The van der Waals surface area contributed by atoms with Crippen molar-refractivity contribution in [3.8, 4) is 0 Å². The number of halogens is 3. The van der Waals surface area contributed by atoms with Gasteiger partial charge < -0.3 is 11.1 Å². The second-order valence-corrected chi connectivity index (χ2v) is 6.55. The van der Waals surface area contributed by atoms with Crippen LogP contribution in [0.4, 0.5) is 18.9 Å². The predicted octanol–water partition coefficient (Wildman–Crippen LogP) is 3.68. The van der Waals surface area contributed by atoms with Crippen LogP contribution in [0.25, 0.3) is 0 Å². The standard InChI is InChI=1S/C19H19F3N2O/c20-19(21,22)15-3-1-2-14(11-15)18(8-9-18)12-24-17(25)10-13-4-6-16(23)7-5-13/h1-7,11H,8-10,12,23H2,(H,24,25). The summed E-state index contributed by atoms with van der Waals surface area (Å²) in [6.45, 7) is 0.349. The summed E-state index contributed by atoms with van der Waals surface area (Å²) in [5, 5.41) is 2.85. The summed E-state index contributed by atoms with van der Waals surface area (Å²) in [6.07, 6.45) is -2.59. The molecule has 0 saturated heterocycles. The van der Waals surface area contributed by atoms with Gasteiger partial charge in [0, 0.05) is 17.6 Å². The summed E-state index contributed by atoms with van der Waals surface area (Å²) in [4.78, 5) is 12.1. The van der Waals surface area contributed by atoms with Gasteiger partial charge in [-0.2, -0.15) is 13.2 Å². The summed E-state index contributed by atoms with van der Waals surface area (Å²) < 4.78 is 38.6. The molecule has 1 aliphatic rings. The van der Waals surface area contributed by atoms with E-state index < -0.39 is 11.7 Å². The van der Waals surface area contributed by atoms with Crippen LogP contribution < -0.4 is 11.1 Å². The molecule has 0 bridgehead atoms. The van der Waals surface area contributed by atoms with Gasteiger partial charge in [-0.3, -0.25) is 4.79 Å². The maximum atomic E-state index is 12.9. The van der Waals surface area contributed by atoms with E-state index in [0.717, 1.165) is 24.5 Å². The van der Waals surface area contributed by atoms with Crippen molar-refractivity contribution in [3.05, 3.63) is 65.2 Å². The smallest absolute Gasteiger partial charge is 0.399 e. The number of rotatable bonds is 5. The number of hydrogen-bond acceptors (Lipinski definition) is 2. The molecule has 132 valence electrons. The molecule has 3 nitrogen and oxygen atoms in total. The van der Waals surface area contributed by atoms with Crippen LogP contribution in [0.2, 0.25) is 0 Å². The fraction of sp³-hybridized carbons (Fsp3) is 0.316. The quantitative estimate of drug-likeness (QED) is 0.810. The molecule has 0 spiro atoms. The van der Waals surface area contributed by atoms with Gasteiger partial charge in [0.05, 0.1) is 12.0 Å². The largest absolute Gasteiger partial charge is 0.416 e. The van der Waals surface area contributed by atoms with E-state index in [1.165, 1.54) is 12.1 Å². The number of carbonyl (C=O) groups excluding carboxylic acids is 1. The second kappa shape index (κ2) is 6.43. The maximum Gasteiger partial charge on any atom is 0.416 e. The van der Waals surface area contributed by atoms with Gasteiger partial charge in [-0.05, 0) is 42.2 Å². The maximum absolute atomic E-state index is 12.9. The minimum absolute atomic E-state index is 0.150. The molecule has 3 N–H and O–H groups in total. The van der Waals surface area contributed by atoms with Crippen molar-refractivity contribution in [1.29, 1.82) is 0 Å². The average molecular weight is 348 g/mol. The van der Waals surface area contributed by atoms with Gasteiger partial charge >= 0.3 is 6.18 Å². The molecule has 1 aliphatic carbocycles. The van der Waals surface area contributed by atoms with E-state index in [2.05, 4.69) is 5.32 Å². The van der Waals surface area contributed by atoms with E-state index in [0.29, 0.717) is 17.8 Å². The first-order valence-electron chi connectivity index (χ1n) is 8.07. The lowest BCUT2D eigenvalue weighted by Gasteiger charge is -2.18. The molecule has 0 radical (unpaired) electrons. The lowest BCUT2D eigenvalue weighted by atomic mass is 9.94. The third-order valence-electron chi connectivity index (χ3n) is 4.62. The van der Waals surface area contributed by atoms with Crippen LogP contribution in [0, 0.1) is 0 Å². The predicted molar refractivity (Wildman–Crippen MR) is 89.9 cm³/mol. The molecule has 1 amide bonds. The Labute approximate surface area is 144 Å². The van der Waals surface area contributed by atoms with E-state index in [-0.39, 0.29) is 17.7 Å². The molecule has 0 aromatic heterocycles. The minimum atomic E-state index is -4.36. The molecule has 1 fully saturated rings. The Morgan fingerprint density at radius 3 is 2.40 bits per heavy atom. The summed E-state index contributed by atoms with van der Waals surface area (Å²) in [5.74, 6) is -0.150. The molecule has 0 atom stereocenters. The summed E-state index contributed by atoms with van der Waals surface area (Å²) in [5.41, 5.74) is 6.69.